The molecule has 0 bridgehead atoms. The number of carboxylic acid groups (broad SMARTS) is 1. The van der Waals surface area contributed by atoms with Gasteiger partial charge in [-0.1, -0.05) is 0 Å². The van der Waals surface area contributed by atoms with Gasteiger partial charge in [0.05, 0.1) is 6.42 Å². The van der Waals surface area contributed by atoms with E-state index < -0.39 is 6.09 Å². The van der Waals surface area contributed by atoms with Crippen molar-refractivity contribution in [2.24, 2.45) is 0 Å². The van der Waals surface area contributed by atoms with Gasteiger partial charge in [-0.2, -0.15) is 0 Å². The van der Waals surface area contributed by atoms with Gasteiger partial charge in [0.2, 0.25) is 5.91 Å². The molecule has 2 amide bonds. The number of amides is 2. The lowest BCUT2D eigenvalue weighted by Gasteiger charge is -2.34. The highest BCUT2D eigenvalue weighted by atomic mass is 19.1. The third-order valence-corrected chi connectivity index (χ3v) is 4.76. The summed E-state index contributed by atoms with van der Waals surface area (Å²) in [6, 6.07) is 6.54. The third-order valence-electron chi connectivity index (χ3n) is 4.76. The molecule has 1 fully saturated rings. The Morgan fingerprint density at radius 2 is 1.96 bits per heavy atom. The van der Waals surface area contributed by atoms with Gasteiger partial charge in [-0.15, -0.1) is 0 Å². The van der Waals surface area contributed by atoms with Gasteiger partial charge in [0.1, 0.15) is 11.6 Å². The number of benzene rings is 1. The van der Waals surface area contributed by atoms with E-state index in [1.807, 2.05) is 11.0 Å². The molecule has 2 aliphatic rings. The number of piperazine rings is 1. The Balaban J connectivity index is 1.66. The second kappa shape index (κ2) is 6.29. The van der Waals surface area contributed by atoms with Gasteiger partial charge >= 0.3 is 6.09 Å². The van der Waals surface area contributed by atoms with Crippen molar-refractivity contribution in [1.82, 2.24) is 9.88 Å². The summed E-state index contributed by atoms with van der Waals surface area (Å²) in [6.45, 7) is 1.77. The number of rotatable bonds is 2. The van der Waals surface area contributed by atoms with E-state index in [0.29, 0.717) is 43.2 Å². The maximum atomic E-state index is 14.3. The molecule has 2 aromatic rings. The van der Waals surface area contributed by atoms with Crippen molar-refractivity contribution < 1.29 is 19.1 Å². The monoisotopic (exact) mass is 356 g/mol. The zero-order chi connectivity index (χ0) is 18.3. The minimum absolute atomic E-state index is 0.124. The van der Waals surface area contributed by atoms with E-state index in [-0.39, 0.29) is 18.1 Å². The van der Waals surface area contributed by atoms with Crippen LogP contribution in [0.5, 0.6) is 0 Å². The van der Waals surface area contributed by atoms with E-state index in [2.05, 4.69) is 10.3 Å². The fraction of sp³-hybridized carbons (Fsp3) is 0.278. The highest BCUT2D eigenvalue weighted by Crippen LogP contribution is 2.34. The fourth-order valence-electron chi connectivity index (χ4n) is 3.45. The number of nitrogens with one attached hydrogen (secondary N) is 1. The summed E-state index contributed by atoms with van der Waals surface area (Å²) < 4.78 is 14.3. The highest BCUT2D eigenvalue weighted by Gasteiger charge is 2.24. The van der Waals surface area contributed by atoms with Crippen molar-refractivity contribution in [3.63, 3.8) is 0 Å². The average molecular weight is 356 g/mol. The van der Waals surface area contributed by atoms with E-state index >= 15 is 0 Å². The molecule has 1 aromatic heterocycles. The van der Waals surface area contributed by atoms with Gasteiger partial charge in [0, 0.05) is 43.6 Å². The van der Waals surface area contributed by atoms with Crippen LogP contribution in [0.1, 0.15) is 5.56 Å². The number of carbonyl (C=O) groups is 2. The van der Waals surface area contributed by atoms with Gasteiger partial charge in [0.25, 0.3) is 0 Å². The molecular weight excluding hydrogens is 339 g/mol. The number of hydrogen-bond donors (Lipinski definition) is 2. The lowest BCUT2D eigenvalue weighted by Crippen LogP contribution is -2.48. The largest absolute Gasteiger partial charge is 0.465 e. The van der Waals surface area contributed by atoms with Crippen LogP contribution in [0, 0.1) is 5.82 Å². The van der Waals surface area contributed by atoms with E-state index in [9.17, 15) is 14.0 Å². The van der Waals surface area contributed by atoms with Gasteiger partial charge in [0.15, 0.2) is 0 Å². The smallest absolute Gasteiger partial charge is 0.407 e. The van der Waals surface area contributed by atoms with Gasteiger partial charge in [-0.3, -0.25) is 4.79 Å². The Labute approximate surface area is 149 Å². The number of pyridine rings is 1. The minimum atomic E-state index is -0.936. The molecule has 2 aliphatic heterocycles. The van der Waals surface area contributed by atoms with E-state index in [1.165, 1.54) is 17.0 Å². The summed E-state index contributed by atoms with van der Waals surface area (Å²) in [5.74, 6) is 0.0239. The Kier molecular flexibility index (Phi) is 3.95. The molecule has 1 aromatic carbocycles. The molecule has 7 nitrogen and oxygen atoms in total. The molecular formula is C18H17FN4O3. The zero-order valence-electron chi connectivity index (χ0n) is 13.9. The first-order valence-electron chi connectivity index (χ1n) is 8.33. The van der Waals surface area contributed by atoms with Crippen LogP contribution in [-0.4, -0.2) is 53.2 Å². The van der Waals surface area contributed by atoms with Crippen molar-refractivity contribution in [1.29, 1.82) is 0 Å². The Morgan fingerprint density at radius 3 is 2.69 bits per heavy atom. The molecule has 0 saturated carbocycles. The van der Waals surface area contributed by atoms with Crippen molar-refractivity contribution in [3.05, 3.63) is 41.8 Å². The standard InChI is InChI=1S/C18H17FN4O3/c19-12-7-11(14-1-2-20-17-15(14)10-16(24)21-17)8-13(9-12)22-3-5-23(6-4-22)18(25)26/h1-2,7-9H,3-6,10H2,(H,25,26)(H,20,21,24). The molecule has 8 heteroatoms. The summed E-state index contributed by atoms with van der Waals surface area (Å²) in [7, 11) is 0. The van der Waals surface area contributed by atoms with Crippen LogP contribution in [-0.2, 0) is 11.2 Å². The fourth-order valence-corrected chi connectivity index (χ4v) is 3.45. The number of hydrogen-bond acceptors (Lipinski definition) is 4. The van der Waals surface area contributed by atoms with Crippen LogP contribution in [0.4, 0.5) is 20.7 Å². The Hall–Kier alpha value is -3.16. The van der Waals surface area contributed by atoms with Crippen LogP contribution < -0.4 is 10.2 Å². The van der Waals surface area contributed by atoms with Crippen molar-refractivity contribution in [3.8, 4) is 11.1 Å². The molecule has 4 rings (SSSR count). The van der Waals surface area contributed by atoms with Crippen LogP contribution in [0.2, 0.25) is 0 Å². The van der Waals surface area contributed by atoms with Crippen molar-refractivity contribution >= 4 is 23.5 Å². The van der Waals surface area contributed by atoms with Gasteiger partial charge in [-0.25, -0.2) is 14.2 Å². The molecule has 134 valence electrons. The van der Waals surface area contributed by atoms with Gasteiger partial charge < -0.3 is 20.2 Å². The molecule has 0 aliphatic carbocycles. The number of fused-ring (bicyclic) bond motifs is 1. The predicted molar refractivity (Wildman–Crippen MR) is 93.8 cm³/mol. The second-order valence-electron chi connectivity index (χ2n) is 6.37. The Bertz CT molecular complexity index is 894. The summed E-state index contributed by atoms with van der Waals surface area (Å²) in [4.78, 5) is 30.2. The molecule has 2 N–H and O–H groups in total. The van der Waals surface area contributed by atoms with Gasteiger partial charge in [-0.05, 0) is 35.4 Å². The normalized spacial score (nSPS) is 16.4. The predicted octanol–water partition coefficient (Wildman–Crippen LogP) is 2.18. The van der Waals surface area contributed by atoms with Crippen LogP contribution in [0.3, 0.4) is 0 Å². The molecule has 1 saturated heterocycles. The van der Waals surface area contributed by atoms with Crippen LogP contribution in [0.25, 0.3) is 11.1 Å². The highest BCUT2D eigenvalue weighted by molar-refractivity contribution is 6.00. The first-order chi connectivity index (χ1) is 12.5. The minimum Gasteiger partial charge on any atom is -0.465 e. The number of nitrogens with zero attached hydrogens (tertiary/aromatic N) is 3. The first kappa shape index (κ1) is 16.3. The summed E-state index contributed by atoms with van der Waals surface area (Å²) in [5.41, 5.74) is 2.92. The maximum absolute atomic E-state index is 14.3. The molecule has 0 unspecified atom stereocenters. The average Bonchev–Trinajstić information content (AvgIpc) is 3.01. The quantitative estimate of drug-likeness (QED) is 0.861. The molecule has 3 heterocycles. The third kappa shape index (κ3) is 2.94. The molecule has 0 spiro atoms. The summed E-state index contributed by atoms with van der Waals surface area (Å²) in [5, 5.41) is 11.8. The first-order valence-corrected chi connectivity index (χ1v) is 8.33. The molecule has 0 atom stereocenters. The number of carbonyl (C=O) groups excluding carboxylic acids is 1. The zero-order valence-corrected chi connectivity index (χ0v) is 13.9. The Morgan fingerprint density at radius 1 is 1.19 bits per heavy atom. The topological polar surface area (TPSA) is 85.8 Å². The van der Waals surface area contributed by atoms with Crippen LogP contribution in [0.15, 0.2) is 30.5 Å². The van der Waals surface area contributed by atoms with Crippen LogP contribution >= 0.6 is 0 Å². The van der Waals surface area contributed by atoms with E-state index in [4.69, 9.17) is 5.11 Å². The second-order valence-corrected chi connectivity index (χ2v) is 6.37. The molecule has 0 radical (unpaired) electrons. The van der Waals surface area contributed by atoms with E-state index in [1.54, 1.807) is 12.3 Å². The summed E-state index contributed by atoms with van der Waals surface area (Å²) >= 11 is 0. The SMILES string of the molecule is O=C1Cc2c(-c3cc(F)cc(N4CCN(C(=O)O)CC4)c3)ccnc2N1. The van der Waals surface area contributed by atoms with Crippen molar-refractivity contribution in [2.75, 3.05) is 36.4 Å². The number of anilines is 2. The van der Waals surface area contributed by atoms with E-state index in [0.717, 1.165) is 11.1 Å². The number of halogens is 1. The number of aromatic nitrogens is 1. The lowest BCUT2D eigenvalue weighted by atomic mass is 9.99. The van der Waals surface area contributed by atoms with Crippen molar-refractivity contribution in [2.45, 2.75) is 6.42 Å². The lowest BCUT2D eigenvalue weighted by molar-refractivity contribution is -0.115. The maximum Gasteiger partial charge on any atom is 0.407 e. The molecule has 26 heavy (non-hydrogen) atoms. The summed E-state index contributed by atoms with van der Waals surface area (Å²) in [6.07, 6.45) is 0.881.